The van der Waals surface area contributed by atoms with Gasteiger partial charge in [-0.25, -0.2) is 0 Å². The minimum atomic E-state index is 1.12. The summed E-state index contributed by atoms with van der Waals surface area (Å²) in [4.78, 5) is 2.39. The van der Waals surface area contributed by atoms with Crippen LogP contribution in [0.5, 0.6) is 0 Å². The van der Waals surface area contributed by atoms with Gasteiger partial charge in [-0.05, 0) is 91.6 Å². The predicted molar refractivity (Wildman–Crippen MR) is 217 cm³/mol. The van der Waals surface area contributed by atoms with E-state index in [1.807, 2.05) is 11.3 Å². The Morgan fingerprint density at radius 2 is 0.980 bits per heavy atom. The molecule has 10 aromatic rings. The lowest BCUT2D eigenvalue weighted by Crippen LogP contribution is -2.10. The van der Waals surface area contributed by atoms with Crippen molar-refractivity contribution in [2.45, 2.75) is 0 Å². The van der Waals surface area contributed by atoms with Crippen molar-refractivity contribution in [3.63, 3.8) is 0 Å². The Morgan fingerprint density at radius 1 is 0.340 bits per heavy atom. The highest BCUT2D eigenvalue weighted by Gasteiger charge is 2.17. The van der Waals surface area contributed by atoms with Crippen LogP contribution in [0.1, 0.15) is 0 Å². The van der Waals surface area contributed by atoms with E-state index in [1.54, 1.807) is 0 Å². The standard InChI is InChI=1S/C48H31NS/c1-2-10-32(11-3-1)36-14-8-15-39(30-36)49(40-27-29-42-37(31-40)21-20-33-12-4-5-16-41(33)42)38-25-22-34(23-26-38)43-18-9-13-35-24-28-45-44-17-6-7-19-46(44)50-48(45)47(35)43/h1-31H. The number of hydrogen-bond donors (Lipinski definition) is 0. The molecule has 234 valence electrons. The molecule has 0 spiro atoms. The number of thiophene rings is 1. The van der Waals surface area contributed by atoms with E-state index < -0.39 is 0 Å². The monoisotopic (exact) mass is 653 g/mol. The number of rotatable bonds is 5. The molecule has 0 aliphatic carbocycles. The summed E-state index contributed by atoms with van der Waals surface area (Å²) in [6.45, 7) is 0. The Bertz CT molecular complexity index is 2870. The molecule has 1 nitrogen and oxygen atoms in total. The highest BCUT2D eigenvalue weighted by atomic mass is 32.1. The number of nitrogens with zero attached hydrogens (tertiary/aromatic N) is 1. The van der Waals surface area contributed by atoms with Gasteiger partial charge in [-0.1, -0.05) is 146 Å². The smallest absolute Gasteiger partial charge is 0.0468 e. The molecular weight excluding hydrogens is 623 g/mol. The van der Waals surface area contributed by atoms with Gasteiger partial charge in [0.2, 0.25) is 0 Å². The maximum atomic E-state index is 2.39. The van der Waals surface area contributed by atoms with Crippen LogP contribution in [0, 0.1) is 0 Å². The van der Waals surface area contributed by atoms with Crippen molar-refractivity contribution >= 4 is 80.9 Å². The third-order valence-corrected chi connectivity index (χ3v) is 11.2. The van der Waals surface area contributed by atoms with Crippen molar-refractivity contribution in [1.82, 2.24) is 0 Å². The number of fused-ring (bicyclic) bond motifs is 8. The lowest BCUT2D eigenvalue weighted by molar-refractivity contribution is 1.29. The molecule has 10 rings (SSSR count). The zero-order chi connectivity index (χ0) is 33.0. The fraction of sp³-hybridized carbons (Fsp3) is 0. The van der Waals surface area contributed by atoms with Crippen LogP contribution in [0.2, 0.25) is 0 Å². The van der Waals surface area contributed by atoms with Crippen LogP contribution in [0.25, 0.3) is 74.7 Å². The molecule has 0 amide bonds. The summed E-state index contributed by atoms with van der Waals surface area (Å²) in [7, 11) is 0. The van der Waals surface area contributed by atoms with E-state index in [0.29, 0.717) is 0 Å². The zero-order valence-corrected chi connectivity index (χ0v) is 28.1. The lowest BCUT2D eigenvalue weighted by atomic mass is 9.96. The molecule has 0 saturated carbocycles. The normalized spacial score (nSPS) is 11.6. The van der Waals surface area contributed by atoms with Crippen LogP contribution < -0.4 is 4.90 Å². The molecule has 0 radical (unpaired) electrons. The first kappa shape index (κ1) is 28.8. The van der Waals surface area contributed by atoms with Crippen molar-refractivity contribution in [2.75, 3.05) is 4.90 Å². The van der Waals surface area contributed by atoms with Gasteiger partial charge in [0, 0.05) is 42.6 Å². The average molecular weight is 654 g/mol. The fourth-order valence-electron chi connectivity index (χ4n) is 7.62. The quantitative estimate of drug-likeness (QED) is 0.167. The first-order chi connectivity index (χ1) is 24.8. The van der Waals surface area contributed by atoms with Crippen molar-refractivity contribution < 1.29 is 0 Å². The molecule has 9 aromatic carbocycles. The number of hydrogen-bond acceptors (Lipinski definition) is 2. The zero-order valence-electron chi connectivity index (χ0n) is 27.3. The Balaban J connectivity index is 1.13. The van der Waals surface area contributed by atoms with Gasteiger partial charge < -0.3 is 4.90 Å². The summed E-state index contributed by atoms with van der Waals surface area (Å²) in [6.07, 6.45) is 0. The molecule has 50 heavy (non-hydrogen) atoms. The van der Waals surface area contributed by atoms with Crippen LogP contribution >= 0.6 is 11.3 Å². The first-order valence-electron chi connectivity index (χ1n) is 17.1. The van der Waals surface area contributed by atoms with E-state index >= 15 is 0 Å². The topological polar surface area (TPSA) is 3.24 Å². The first-order valence-corrected chi connectivity index (χ1v) is 17.9. The largest absolute Gasteiger partial charge is 0.310 e. The molecule has 0 saturated heterocycles. The van der Waals surface area contributed by atoms with Crippen molar-refractivity contribution in [3.05, 3.63) is 188 Å². The van der Waals surface area contributed by atoms with E-state index in [0.717, 1.165) is 17.1 Å². The summed E-state index contributed by atoms with van der Waals surface area (Å²) >= 11 is 1.90. The molecule has 1 aromatic heterocycles. The summed E-state index contributed by atoms with van der Waals surface area (Å²) in [5.74, 6) is 0. The van der Waals surface area contributed by atoms with Crippen LogP contribution in [-0.4, -0.2) is 0 Å². The molecule has 0 atom stereocenters. The summed E-state index contributed by atoms with van der Waals surface area (Å²) in [6, 6.07) is 68.7. The summed E-state index contributed by atoms with van der Waals surface area (Å²) < 4.78 is 2.68. The maximum Gasteiger partial charge on any atom is 0.0468 e. The van der Waals surface area contributed by atoms with Gasteiger partial charge in [0.25, 0.3) is 0 Å². The van der Waals surface area contributed by atoms with E-state index in [4.69, 9.17) is 0 Å². The molecular formula is C48H31NS. The fourth-order valence-corrected chi connectivity index (χ4v) is 8.90. The second kappa shape index (κ2) is 11.7. The van der Waals surface area contributed by atoms with E-state index in [1.165, 1.54) is 74.7 Å². The predicted octanol–water partition coefficient (Wildman–Crippen LogP) is 14.3. The Labute approximate surface area is 294 Å². The Morgan fingerprint density at radius 3 is 1.88 bits per heavy atom. The van der Waals surface area contributed by atoms with Gasteiger partial charge in [0.05, 0.1) is 0 Å². The van der Waals surface area contributed by atoms with Gasteiger partial charge >= 0.3 is 0 Å². The van der Waals surface area contributed by atoms with Crippen molar-refractivity contribution in [2.24, 2.45) is 0 Å². The van der Waals surface area contributed by atoms with Crippen molar-refractivity contribution in [3.8, 4) is 22.3 Å². The average Bonchev–Trinajstić information content (AvgIpc) is 3.58. The molecule has 0 unspecified atom stereocenters. The SMILES string of the molecule is c1ccc(-c2cccc(N(c3ccc(-c4cccc5ccc6c7ccccc7sc6c45)cc3)c3ccc4c(ccc5ccccc54)c3)c2)cc1. The minimum absolute atomic E-state index is 1.12. The van der Waals surface area contributed by atoms with Gasteiger partial charge in [0.1, 0.15) is 0 Å². The highest BCUT2D eigenvalue weighted by molar-refractivity contribution is 7.26. The second-order valence-corrected chi connectivity index (χ2v) is 14.0. The number of benzene rings is 9. The number of anilines is 3. The van der Waals surface area contributed by atoms with Crippen LogP contribution in [-0.2, 0) is 0 Å². The van der Waals surface area contributed by atoms with E-state index in [-0.39, 0.29) is 0 Å². The second-order valence-electron chi connectivity index (χ2n) is 12.9. The van der Waals surface area contributed by atoms with E-state index in [9.17, 15) is 0 Å². The molecule has 1 heterocycles. The highest BCUT2D eigenvalue weighted by Crippen LogP contribution is 2.44. The Hall–Kier alpha value is -6.22. The van der Waals surface area contributed by atoms with Gasteiger partial charge in [-0.2, -0.15) is 0 Å². The van der Waals surface area contributed by atoms with Crippen LogP contribution in [0.15, 0.2) is 188 Å². The minimum Gasteiger partial charge on any atom is -0.310 e. The molecule has 2 heteroatoms. The van der Waals surface area contributed by atoms with Crippen molar-refractivity contribution in [1.29, 1.82) is 0 Å². The molecule has 0 bridgehead atoms. The van der Waals surface area contributed by atoms with Crippen LogP contribution in [0.4, 0.5) is 17.1 Å². The third kappa shape index (κ3) is 4.76. The van der Waals surface area contributed by atoms with E-state index in [2.05, 4.69) is 193 Å². The maximum absolute atomic E-state index is 2.39. The van der Waals surface area contributed by atoms with Gasteiger partial charge in [-0.3, -0.25) is 0 Å². The molecule has 0 aliphatic heterocycles. The third-order valence-electron chi connectivity index (χ3n) is 10.0. The summed E-state index contributed by atoms with van der Waals surface area (Å²) in [5, 5.41) is 10.3. The van der Waals surface area contributed by atoms with Gasteiger partial charge in [-0.15, -0.1) is 11.3 Å². The lowest BCUT2D eigenvalue weighted by Gasteiger charge is -2.27. The van der Waals surface area contributed by atoms with Crippen LogP contribution in [0.3, 0.4) is 0 Å². The molecule has 0 fully saturated rings. The molecule has 0 aliphatic rings. The van der Waals surface area contributed by atoms with Gasteiger partial charge in [0.15, 0.2) is 0 Å². The molecule has 0 N–H and O–H groups in total. The summed E-state index contributed by atoms with van der Waals surface area (Å²) in [5.41, 5.74) is 8.25. The Kier molecular flexibility index (Phi) is 6.75.